The van der Waals surface area contributed by atoms with E-state index in [9.17, 15) is 14.2 Å². The lowest BCUT2D eigenvalue weighted by Crippen LogP contribution is -2.29. The summed E-state index contributed by atoms with van der Waals surface area (Å²) in [5.41, 5.74) is 0. The second kappa shape index (κ2) is 34.3. The van der Waals surface area contributed by atoms with E-state index in [1.807, 2.05) is 97.2 Å². The Balaban J connectivity index is 4.21. The van der Waals surface area contributed by atoms with E-state index >= 15 is 0 Å². The van der Waals surface area contributed by atoms with Gasteiger partial charge in [-0.3, -0.25) is 14.1 Å². The van der Waals surface area contributed by atoms with Crippen molar-refractivity contribution < 1.29 is 37.9 Å². The Morgan fingerprint density at radius 1 is 0.551 bits per heavy atom. The molecule has 0 aliphatic carbocycles. The lowest BCUT2D eigenvalue weighted by molar-refractivity contribution is -0.161. The molecule has 0 bridgehead atoms. The highest BCUT2D eigenvalue weighted by Gasteiger charge is 2.22. The lowest BCUT2D eigenvalue weighted by atomic mass is 10.1. The van der Waals surface area contributed by atoms with Crippen LogP contribution in [0.5, 0.6) is 0 Å². The summed E-state index contributed by atoms with van der Waals surface area (Å²) in [6, 6.07) is 0. The van der Waals surface area contributed by atoms with Crippen LogP contribution in [0.4, 0.5) is 0 Å². The number of phosphoric acid groups is 1. The number of carbonyl (C=O) groups excluding carboxylic acids is 2. The van der Waals surface area contributed by atoms with Gasteiger partial charge in [-0.2, -0.15) is 0 Å². The molecule has 0 aromatic carbocycles. The fourth-order valence-corrected chi connectivity index (χ4v) is 4.26. The summed E-state index contributed by atoms with van der Waals surface area (Å²) in [4.78, 5) is 42.6. The summed E-state index contributed by atoms with van der Waals surface area (Å²) in [7, 11) is -4.78. The summed E-state index contributed by atoms with van der Waals surface area (Å²) in [5.74, 6) is -1.02. The van der Waals surface area contributed by atoms with E-state index in [0.717, 1.165) is 51.4 Å². The smallest absolute Gasteiger partial charge is 0.462 e. The van der Waals surface area contributed by atoms with Crippen molar-refractivity contribution in [1.29, 1.82) is 0 Å². The largest absolute Gasteiger partial charge is 0.469 e. The second-order valence-electron chi connectivity index (χ2n) is 11.0. The van der Waals surface area contributed by atoms with Crippen molar-refractivity contribution in [3.63, 3.8) is 0 Å². The Bertz CT molecular complexity index is 1190. The topological polar surface area (TPSA) is 119 Å². The molecular weight excluding hydrogens is 639 g/mol. The van der Waals surface area contributed by atoms with Gasteiger partial charge in [0.25, 0.3) is 0 Å². The van der Waals surface area contributed by atoms with E-state index in [2.05, 4.69) is 42.7 Å². The van der Waals surface area contributed by atoms with Crippen molar-refractivity contribution in [3.05, 3.63) is 122 Å². The van der Waals surface area contributed by atoms with Crippen LogP contribution in [0.15, 0.2) is 122 Å². The van der Waals surface area contributed by atoms with Gasteiger partial charge < -0.3 is 19.3 Å². The third-order valence-corrected chi connectivity index (χ3v) is 6.94. The number of esters is 2. The maximum atomic E-state index is 12.3. The molecule has 0 spiro atoms. The molecule has 0 fully saturated rings. The fourth-order valence-electron chi connectivity index (χ4n) is 3.90. The third kappa shape index (κ3) is 37.1. The first-order valence-corrected chi connectivity index (χ1v) is 19.0. The molecule has 1 atom stereocenters. The molecule has 0 saturated carbocycles. The van der Waals surface area contributed by atoms with Gasteiger partial charge in [0, 0.05) is 12.8 Å². The number of hydrogen-bond acceptors (Lipinski definition) is 6. The molecule has 0 aromatic rings. The number of carbonyl (C=O) groups is 2. The van der Waals surface area contributed by atoms with Gasteiger partial charge in [-0.1, -0.05) is 161 Å². The van der Waals surface area contributed by atoms with Gasteiger partial charge in [-0.15, -0.1) is 0 Å². The minimum absolute atomic E-state index is 0.101. The van der Waals surface area contributed by atoms with Crippen molar-refractivity contribution in [1.82, 2.24) is 0 Å². The molecule has 0 aliphatic heterocycles. The minimum Gasteiger partial charge on any atom is -0.462 e. The Labute approximate surface area is 295 Å². The van der Waals surface area contributed by atoms with Crippen LogP contribution in [-0.2, 0) is 28.2 Å². The monoisotopic (exact) mass is 698 g/mol. The summed E-state index contributed by atoms with van der Waals surface area (Å²) in [5, 5.41) is 0. The third-order valence-electron chi connectivity index (χ3n) is 6.45. The lowest BCUT2D eigenvalue weighted by Gasteiger charge is -2.18. The highest BCUT2D eigenvalue weighted by atomic mass is 31.2. The molecule has 8 nitrogen and oxygen atoms in total. The van der Waals surface area contributed by atoms with E-state index in [1.165, 1.54) is 0 Å². The predicted molar refractivity (Wildman–Crippen MR) is 202 cm³/mol. The Morgan fingerprint density at radius 2 is 1.00 bits per heavy atom. The molecule has 0 aliphatic rings. The zero-order valence-electron chi connectivity index (χ0n) is 29.5. The molecular formula is C40H59O8P. The predicted octanol–water partition coefficient (Wildman–Crippen LogP) is 10.2. The molecule has 49 heavy (non-hydrogen) atoms. The molecule has 0 aromatic heterocycles. The van der Waals surface area contributed by atoms with E-state index in [1.54, 1.807) is 0 Å². The molecule has 0 rings (SSSR count). The summed E-state index contributed by atoms with van der Waals surface area (Å²) < 4.78 is 26.1. The highest BCUT2D eigenvalue weighted by Crippen LogP contribution is 2.35. The number of phosphoric ester groups is 1. The maximum Gasteiger partial charge on any atom is 0.469 e. The molecule has 1 unspecified atom stereocenters. The molecule has 9 heteroatoms. The average molecular weight is 699 g/mol. The van der Waals surface area contributed by atoms with Crippen LogP contribution < -0.4 is 0 Å². The normalized spacial score (nSPS) is 14.0. The van der Waals surface area contributed by atoms with E-state index < -0.39 is 32.5 Å². The average Bonchev–Trinajstić information content (AvgIpc) is 3.07. The summed E-state index contributed by atoms with van der Waals surface area (Å²) in [6.45, 7) is 3.32. The molecule has 2 N–H and O–H groups in total. The van der Waals surface area contributed by atoms with Crippen molar-refractivity contribution in [3.8, 4) is 0 Å². The van der Waals surface area contributed by atoms with Gasteiger partial charge in [0.05, 0.1) is 6.61 Å². The van der Waals surface area contributed by atoms with Gasteiger partial charge in [-0.25, -0.2) is 4.57 Å². The van der Waals surface area contributed by atoms with Crippen molar-refractivity contribution in [2.75, 3.05) is 13.2 Å². The van der Waals surface area contributed by atoms with Crippen LogP contribution in [0.3, 0.4) is 0 Å². The number of unbranched alkanes of at least 4 members (excludes halogenated alkanes) is 7. The molecule has 0 saturated heterocycles. The standard InChI is InChI=1S/C40H59O8P/c1-3-5-7-9-11-13-15-17-18-19-20-21-23-24-26-28-30-32-34-39(41)46-36-38(37-47-49(43,44)45)48-40(42)35-33-31-29-27-25-22-16-14-12-10-8-6-4-2/h6-22,25,27,29,38H,3-5,23-24,26,28,30-37H2,1-2H3,(H2,43,44,45)/b8-6+,9-7+,12-10+,13-11+,16-14+,17-15+,19-18+,21-20+,25-22+,29-27+. The van der Waals surface area contributed by atoms with Gasteiger partial charge in [0.15, 0.2) is 6.10 Å². The zero-order valence-corrected chi connectivity index (χ0v) is 30.4. The van der Waals surface area contributed by atoms with Crippen molar-refractivity contribution in [2.45, 2.75) is 103 Å². The second-order valence-corrected chi connectivity index (χ2v) is 12.2. The number of hydrogen-bond donors (Lipinski definition) is 2. The Morgan fingerprint density at radius 3 is 1.53 bits per heavy atom. The van der Waals surface area contributed by atoms with Gasteiger partial charge >= 0.3 is 19.8 Å². The van der Waals surface area contributed by atoms with E-state index in [4.69, 9.17) is 19.3 Å². The number of allylic oxidation sites excluding steroid dienone is 20. The first kappa shape index (κ1) is 45.5. The molecule has 0 radical (unpaired) electrons. The SMILES string of the molecule is CC/C=C/C=C/C=C/C=C/C=C/CCCC(=O)OC(COC(=O)CCCCCCC/C=C/C=C/C=C/C=C/C=C/CCC)COP(=O)(O)O. The van der Waals surface area contributed by atoms with Crippen LogP contribution >= 0.6 is 7.82 Å². The van der Waals surface area contributed by atoms with Crippen LogP contribution in [0, 0.1) is 0 Å². The van der Waals surface area contributed by atoms with Crippen LogP contribution in [-0.4, -0.2) is 41.0 Å². The Hall–Kier alpha value is -3.55. The van der Waals surface area contributed by atoms with E-state index in [-0.39, 0.29) is 19.4 Å². The molecule has 0 amide bonds. The first-order valence-electron chi connectivity index (χ1n) is 17.5. The molecule has 0 heterocycles. The van der Waals surface area contributed by atoms with Crippen LogP contribution in [0.25, 0.3) is 0 Å². The number of rotatable bonds is 29. The van der Waals surface area contributed by atoms with Gasteiger partial charge in [-0.05, 0) is 44.9 Å². The Kier molecular flexibility index (Phi) is 31.8. The first-order chi connectivity index (χ1) is 23.8. The minimum atomic E-state index is -4.78. The van der Waals surface area contributed by atoms with Crippen LogP contribution in [0.2, 0.25) is 0 Å². The van der Waals surface area contributed by atoms with Crippen molar-refractivity contribution in [2.24, 2.45) is 0 Å². The molecule has 272 valence electrons. The number of ether oxygens (including phenoxy) is 2. The van der Waals surface area contributed by atoms with Gasteiger partial charge in [0.1, 0.15) is 6.61 Å². The van der Waals surface area contributed by atoms with Crippen LogP contribution in [0.1, 0.15) is 97.3 Å². The zero-order chi connectivity index (χ0) is 36.1. The quantitative estimate of drug-likeness (QED) is 0.0343. The van der Waals surface area contributed by atoms with Crippen molar-refractivity contribution >= 4 is 19.8 Å². The highest BCUT2D eigenvalue weighted by molar-refractivity contribution is 7.46. The fraction of sp³-hybridized carbons (Fsp3) is 0.450. The van der Waals surface area contributed by atoms with E-state index in [0.29, 0.717) is 19.3 Å². The maximum absolute atomic E-state index is 12.3. The van der Waals surface area contributed by atoms with Gasteiger partial charge in [0.2, 0.25) is 0 Å². The summed E-state index contributed by atoms with van der Waals surface area (Å²) >= 11 is 0. The summed E-state index contributed by atoms with van der Waals surface area (Å²) in [6.07, 6.45) is 49.2.